The molecule has 9 heteroatoms. The van der Waals surface area contributed by atoms with Crippen molar-refractivity contribution in [2.45, 2.75) is 13.2 Å². The maximum Gasteiger partial charge on any atom is 0.335 e. The van der Waals surface area contributed by atoms with E-state index < -0.39 is 5.97 Å². The van der Waals surface area contributed by atoms with Crippen LogP contribution < -0.4 is 5.32 Å². The van der Waals surface area contributed by atoms with Crippen LogP contribution in [0.5, 0.6) is 0 Å². The van der Waals surface area contributed by atoms with Gasteiger partial charge in [0.1, 0.15) is 0 Å². The van der Waals surface area contributed by atoms with Crippen LogP contribution >= 0.6 is 0 Å². The van der Waals surface area contributed by atoms with Crippen LogP contribution in [0.25, 0.3) is 11.4 Å². The average Bonchev–Trinajstić information content (AvgIpc) is 3.08. The van der Waals surface area contributed by atoms with Gasteiger partial charge in [0, 0.05) is 19.5 Å². The Balaban J connectivity index is 1.72. The van der Waals surface area contributed by atoms with Gasteiger partial charge < -0.3 is 15.2 Å². The van der Waals surface area contributed by atoms with Crippen LogP contribution in [-0.2, 0) is 17.9 Å². The van der Waals surface area contributed by atoms with Gasteiger partial charge >= 0.3 is 5.97 Å². The lowest BCUT2D eigenvalue weighted by molar-refractivity contribution is 0.0697. The molecule has 0 aliphatic carbocycles. The number of pyridine rings is 1. The van der Waals surface area contributed by atoms with Gasteiger partial charge in [0.25, 0.3) is 0 Å². The summed E-state index contributed by atoms with van der Waals surface area (Å²) in [6.07, 6.45) is 3.03. The summed E-state index contributed by atoms with van der Waals surface area (Å²) in [5.41, 5.74) is 2.83. The van der Waals surface area contributed by atoms with Gasteiger partial charge in [-0.3, -0.25) is 10.1 Å². The molecule has 0 bridgehead atoms. The lowest BCUT2D eigenvalue weighted by atomic mass is 10.2. The molecule has 25 heavy (non-hydrogen) atoms. The molecule has 128 valence electrons. The van der Waals surface area contributed by atoms with Crippen molar-refractivity contribution in [1.29, 1.82) is 0 Å². The van der Waals surface area contributed by atoms with Gasteiger partial charge in [-0.25, -0.2) is 14.8 Å². The summed E-state index contributed by atoms with van der Waals surface area (Å²) in [5, 5.41) is 19.2. The minimum atomic E-state index is -1.01. The van der Waals surface area contributed by atoms with Crippen molar-refractivity contribution in [2.75, 3.05) is 12.4 Å². The number of rotatable bonds is 7. The summed E-state index contributed by atoms with van der Waals surface area (Å²) in [7, 11) is 1.61. The second-order valence-corrected chi connectivity index (χ2v) is 5.17. The highest BCUT2D eigenvalue weighted by molar-refractivity contribution is 5.88. The quantitative estimate of drug-likeness (QED) is 0.593. The number of hydrogen-bond acceptors (Lipinski definition) is 7. The largest absolute Gasteiger partial charge is 0.478 e. The molecule has 0 saturated carbocycles. The molecule has 0 saturated heterocycles. The predicted octanol–water partition coefficient (Wildman–Crippen LogP) is 1.72. The maximum atomic E-state index is 11.1. The first-order valence-electron chi connectivity index (χ1n) is 7.44. The van der Waals surface area contributed by atoms with Gasteiger partial charge in [-0.15, -0.1) is 0 Å². The number of ether oxygens (including phenoxy) is 1. The number of aromatic carboxylic acids is 1. The van der Waals surface area contributed by atoms with Crippen LogP contribution in [-0.4, -0.2) is 43.3 Å². The Morgan fingerprint density at radius 2 is 2.08 bits per heavy atom. The number of nitrogens with zero attached hydrogens (tertiary/aromatic N) is 4. The second kappa shape index (κ2) is 7.49. The normalized spacial score (nSPS) is 10.6. The second-order valence-electron chi connectivity index (χ2n) is 5.17. The standard InChI is InChI=1S/C16H16N6O3/c1-25-9-12-7-11(21-22-12)8-19-16-18-5-3-13(20-16)14-6-10(15(23)24)2-4-17-14/h2-7H,8-9H2,1H3,(H,21,22)(H,23,24)(H,18,19,20). The molecule has 3 heterocycles. The number of aromatic nitrogens is 5. The smallest absolute Gasteiger partial charge is 0.335 e. The Bertz CT molecular complexity index is 880. The lowest BCUT2D eigenvalue weighted by Crippen LogP contribution is -2.05. The molecular formula is C16H16N6O3. The molecular weight excluding hydrogens is 324 g/mol. The highest BCUT2D eigenvalue weighted by Gasteiger charge is 2.08. The zero-order chi connectivity index (χ0) is 17.6. The fourth-order valence-electron chi connectivity index (χ4n) is 2.19. The average molecular weight is 340 g/mol. The van der Waals surface area contributed by atoms with Crippen LogP contribution in [0.15, 0.2) is 36.7 Å². The first-order valence-corrected chi connectivity index (χ1v) is 7.44. The molecule has 3 aromatic rings. The van der Waals surface area contributed by atoms with E-state index in [1.807, 2.05) is 6.07 Å². The van der Waals surface area contributed by atoms with Crippen LogP contribution in [0.4, 0.5) is 5.95 Å². The number of anilines is 1. The molecule has 0 aromatic carbocycles. The van der Waals surface area contributed by atoms with Crippen molar-refractivity contribution in [3.05, 3.63) is 53.6 Å². The van der Waals surface area contributed by atoms with Crippen LogP contribution in [0.1, 0.15) is 21.7 Å². The first-order chi connectivity index (χ1) is 12.2. The van der Waals surface area contributed by atoms with Crippen molar-refractivity contribution >= 4 is 11.9 Å². The molecule has 0 radical (unpaired) electrons. The molecule has 0 aliphatic heterocycles. The van der Waals surface area contributed by atoms with E-state index in [1.165, 1.54) is 18.3 Å². The van der Waals surface area contributed by atoms with E-state index >= 15 is 0 Å². The van der Waals surface area contributed by atoms with E-state index in [0.717, 1.165) is 11.4 Å². The van der Waals surface area contributed by atoms with Crippen molar-refractivity contribution in [3.8, 4) is 11.4 Å². The topological polar surface area (TPSA) is 126 Å². The van der Waals surface area contributed by atoms with Crippen LogP contribution in [0, 0.1) is 0 Å². The molecule has 0 fully saturated rings. The highest BCUT2D eigenvalue weighted by Crippen LogP contribution is 2.16. The summed E-state index contributed by atoms with van der Waals surface area (Å²) in [6.45, 7) is 0.900. The molecule has 0 aliphatic rings. The molecule has 9 nitrogen and oxygen atoms in total. The Labute approximate surface area is 143 Å². The fraction of sp³-hybridized carbons (Fsp3) is 0.188. The molecule has 0 spiro atoms. The summed E-state index contributed by atoms with van der Waals surface area (Å²) in [5.74, 6) is -0.606. The van der Waals surface area contributed by atoms with Gasteiger partial charge in [-0.2, -0.15) is 5.10 Å². The molecule has 0 amide bonds. The van der Waals surface area contributed by atoms with E-state index in [1.54, 1.807) is 19.4 Å². The minimum absolute atomic E-state index is 0.154. The van der Waals surface area contributed by atoms with E-state index in [9.17, 15) is 4.79 Å². The van der Waals surface area contributed by atoms with E-state index in [0.29, 0.717) is 30.5 Å². The summed E-state index contributed by atoms with van der Waals surface area (Å²) in [6, 6.07) is 6.46. The van der Waals surface area contributed by atoms with Gasteiger partial charge in [0.15, 0.2) is 0 Å². The van der Waals surface area contributed by atoms with Gasteiger partial charge in [-0.1, -0.05) is 0 Å². The van der Waals surface area contributed by atoms with Crippen LogP contribution in [0.2, 0.25) is 0 Å². The number of carboxylic acid groups (broad SMARTS) is 1. The van der Waals surface area contributed by atoms with Gasteiger partial charge in [0.05, 0.1) is 41.5 Å². The third-order valence-corrected chi connectivity index (χ3v) is 3.34. The molecule has 0 atom stereocenters. The Hall–Kier alpha value is -3.33. The third-order valence-electron chi connectivity index (χ3n) is 3.34. The monoisotopic (exact) mass is 340 g/mol. The van der Waals surface area contributed by atoms with Crippen LogP contribution in [0.3, 0.4) is 0 Å². The summed E-state index contributed by atoms with van der Waals surface area (Å²) in [4.78, 5) is 23.8. The Kier molecular flexibility index (Phi) is 4.95. The van der Waals surface area contributed by atoms with Crippen molar-refractivity contribution in [1.82, 2.24) is 25.1 Å². The first kappa shape index (κ1) is 16.5. The predicted molar refractivity (Wildman–Crippen MR) is 88.8 cm³/mol. The molecule has 0 unspecified atom stereocenters. The summed E-state index contributed by atoms with van der Waals surface area (Å²) < 4.78 is 5.02. The lowest BCUT2D eigenvalue weighted by Gasteiger charge is -2.05. The highest BCUT2D eigenvalue weighted by atomic mass is 16.5. The minimum Gasteiger partial charge on any atom is -0.478 e. The number of carboxylic acids is 1. The number of nitrogens with one attached hydrogen (secondary N) is 2. The molecule has 3 aromatic heterocycles. The van der Waals surface area contributed by atoms with Crippen molar-refractivity contribution in [2.24, 2.45) is 0 Å². The van der Waals surface area contributed by atoms with E-state index in [4.69, 9.17) is 9.84 Å². The fourth-order valence-corrected chi connectivity index (χ4v) is 2.19. The van der Waals surface area contributed by atoms with Crippen molar-refractivity contribution in [3.63, 3.8) is 0 Å². The number of hydrogen-bond donors (Lipinski definition) is 3. The van der Waals surface area contributed by atoms with Gasteiger partial charge in [0.2, 0.25) is 5.95 Å². The SMILES string of the molecule is COCc1cc(CNc2nccc(-c3cc(C(=O)O)ccn3)n2)[nH]n1. The number of carbonyl (C=O) groups is 1. The van der Waals surface area contributed by atoms with Gasteiger partial charge in [-0.05, 0) is 24.3 Å². The van der Waals surface area contributed by atoms with Crippen molar-refractivity contribution < 1.29 is 14.6 Å². The summed E-state index contributed by atoms with van der Waals surface area (Å²) >= 11 is 0. The van der Waals surface area contributed by atoms with E-state index in [2.05, 4.69) is 30.5 Å². The zero-order valence-corrected chi connectivity index (χ0v) is 13.4. The Morgan fingerprint density at radius 3 is 2.88 bits per heavy atom. The molecule has 3 rings (SSSR count). The number of methoxy groups -OCH3 is 1. The zero-order valence-electron chi connectivity index (χ0n) is 13.4. The molecule has 3 N–H and O–H groups in total. The maximum absolute atomic E-state index is 11.1. The number of H-pyrrole nitrogens is 1. The third kappa shape index (κ3) is 4.15. The van der Waals surface area contributed by atoms with E-state index in [-0.39, 0.29) is 5.56 Å². The number of aromatic amines is 1. The Morgan fingerprint density at radius 1 is 1.24 bits per heavy atom.